The Balaban J connectivity index is 4.42. The molecule has 0 spiro atoms. The van der Waals surface area contributed by atoms with E-state index in [1.165, 1.54) is 83.5 Å². The molecular formula is C46H85N2O7P. The molecule has 0 fully saturated rings. The number of amides is 1. The summed E-state index contributed by atoms with van der Waals surface area (Å²) in [5.41, 5.74) is 5.36. The molecule has 0 rings (SSSR count). The van der Waals surface area contributed by atoms with Crippen LogP contribution in [0.3, 0.4) is 0 Å². The van der Waals surface area contributed by atoms with Gasteiger partial charge >= 0.3 is 7.82 Å². The van der Waals surface area contributed by atoms with Crippen molar-refractivity contribution in [2.45, 2.75) is 205 Å². The second-order valence-electron chi connectivity index (χ2n) is 15.1. The Hall–Kier alpha value is -1.84. The number of phosphoric acid groups is 1. The highest BCUT2D eigenvalue weighted by molar-refractivity contribution is 7.47. The predicted molar refractivity (Wildman–Crippen MR) is 236 cm³/mol. The number of aliphatic hydroxyl groups excluding tert-OH is 2. The Morgan fingerprint density at radius 2 is 1.07 bits per heavy atom. The van der Waals surface area contributed by atoms with Crippen molar-refractivity contribution in [3.05, 3.63) is 60.8 Å². The molecule has 4 atom stereocenters. The first-order chi connectivity index (χ1) is 27.3. The minimum Gasteiger partial charge on any atom is -0.393 e. The molecule has 1 amide bonds. The highest BCUT2D eigenvalue weighted by Gasteiger charge is 2.27. The lowest BCUT2D eigenvalue weighted by Gasteiger charge is -2.24. The Bertz CT molecular complexity index is 1080. The van der Waals surface area contributed by atoms with Gasteiger partial charge in [0.2, 0.25) is 5.91 Å². The fourth-order valence-electron chi connectivity index (χ4n) is 6.18. The van der Waals surface area contributed by atoms with Gasteiger partial charge in [-0.1, -0.05) is 164 Å². The van der Waals surface area contributed by atoms with E-state index in [1.54, 1.807) is 6.08 Å². The largest absolute Gasteiger partial charge is 0.472 e. The number of unbranched alkanes of at least 4 members (excludes halogenated alkanes) is 19. The van der Waals surface area contributed by atoms with Crippen molar-refractivity contribution in [1.29, 1.82) is 0 Å². The molecule has 0 saturated heterocycles. The molecule has 56 heavy (non-hydrogen) atoms. The maximum Gasteiger partial charge on any atom is 0.472 e. The molecular weight excluding hydrogens is 723 g/mol. The first-order valence-electron chi connectivity index (χ1n) is 22.5. The summed E-state index contributed by atoms with van der Waals surface area (Å²) in [5, 5.41) is 24.0. The number of allylic oxidation sites excluding steroid dienone is 9. The summed E-state index contributed by atoms with van der Waals surface area (Å²) in [5.74, 6) is -0.470. The van der Waals surface area contributed by atoms with Crippen molar-refractivity contribution in [3.8, 4) is 0 Å². The van der Waals surface area contributed by atoms with Gasteiger partial charge < -0.3 is 26.2 Å². The van der Waals surface area contributed by atoms with Gasteiger partial charge in [-0.25, -0.2) is 4.57 Å². The quantitative estimate of drug-likeness (QED) is 0.0233. The summed E-state index contributed by atoms with van der Waals surface area (Å²) in [7, 11) is -4.42. The van der Waals surface area contributed by atoms with Crippen LogP contribution >= 0.6 is 7.82 Å². The standard InChI is InChI=1S/C46H85N2O7P/c1-3-5-7-9-11-13-15-17-19-20-21-22-24-26-28-30-32-34-36-38-45(50)44(42-55-56(52,53)54-40-39-47)48-46(51)41-43(49)37-35-33-31-29-27-25-23-18-16-14-12-10-8-6-4-2/h12,14,18,21-23,28,30,36,38,43-45,49-50H,3-11,13,15-17,19-20,24-27,29,31-35,37,39-42,47H2,1-2H3,(H,48,51)(H,52,53)/b14-12-,22-21+,23-18-,30-28+,38-36+. The molecule has 0 aromatic rings. The highest BCUT2D eigenvalue weighted by Crippen LogP contribution is 2.43. The van der Waals surface area contributed by atoms with Gasteiger partial charge in [0.1, 0.15) is 0 Å². The van der Waals surface area contributed by atoms with Gasteiger partial charge in [0.05, 0.1) is 37.9 Å². The van der Waals surface area contributed by atoms with Crippen LogP contribution in [0.5, 0.6) is 0 Å². The van der Waals surface area contributed by atoms with Crippen LogP contribution in [0.1, 0.15) is 187 Å². The molecule has 0 aliphatic rings. The zero-order chi connectivity index (χ0) is 41.2. The van der Waals surface area contributed by atoms with Gasteiger partial charge in [0.15, 0.2) is 0 Å². The van der Waals surface area contributed by atoms with E-state index in [0.29, 0.717) is 12.8 Å². The molecule has 0 heterocycles. The normalized spacial score (nSPS) is 15.2. The molecule has 9 nitrogen and oxygen atoms in total. The van der Waals surface area contributed by atoms with E-state index >= 15 is 0 Å². The first kappa shape index (κ1) is 54.2. The van der Waals surface area contributed by atoms with Crippen LogP contribution in [0, 0.1) is 0 Å². The number of carbonyl (C=O) groups is 1. The van der Waals surface area contributed by atoms with Crippen molar-refractivity contribution in [2.75, 3.05) is 19.8 Å². The van der Waals surface area contributed by atoms with Crippen LogP contribution in [0.4, 0.5) is 0 Å². The third-order valence-corrected chi connectivity index (χ3v) is 10.6. The van der Waals surface area contributed by atoms with Crippen molar-refractivity contribution in [3.63, 3.8) is 0 Å². The fraction of sp³-hybridized carbons (Fsp3) is 0.761. The van der Waals surface area contributed by atoms with Gasteiger partial charge in [-0.3, -0.25) is 13.8 Å². The molecule has 0 aromatic carbocycles. The van der Waals surface area contributed by atoms with Gasteiger partial charge in [-0.15, -0.1) is 0 Å². The number of hydrogen-bond donors (Lipinski definition) is 5. The third-order valence-electron chi connectivity index (χ3n) is 9.60. The predicted octanol–water partition coefficient (Wildman–Crippen LogP) is 11.6. The average molecular weight is 809 g/mol. The topological polar surface area (TPSA) is 151 Å². The molecule has 10 heteroatoms. The fourth-order valence-corrected chi connectivity index (χ4v) is 6.94. The SMILES string of the molecule is CCCCC/C=C\C/C=C\CCCCCCCC(O)CC(=O)NC(COP(=O)(O)OCCN)C(O)/C=C/CC/C=C/CC/C=C/CCCCCCCCCCC. The maximum absolute atomic E-state index is 12.8. The Labute approximate surface area is 343 Å². The van der Waals surface area contributed by atoms with Crippen LogP contribution in [0.25, 0.3) is 0 Å². The molecule has 0 saturated carbocycles. The Morgan fingerprint density at radius 1 is 0.625 bits per heavy atom. The van der Waals surface area contributed by atoms with Gasteiger partial charge in [0.25, 0.3) is 0 Å². The van der Waals surface area contributed by atoms with E-state index in [9.17, 15) is 24.5 Å². The Morgan fingerprint density at radius 3 is 1.62 bits per heavy atom. The maximum atomic E-state index is 12.8. The first-order valence-corrected chi connectivity index (χ1v) is 24.0. The molecule has 0 bridgehead atoms. The number of hydrogen-bond acceptors (Lipinski definition) is 7. The zero-order valence-corrected chi connectivity index (χ0v) is 36.6. The minimum atomic E-state index is -4.42. The van der Waals surface area contributed by atoms with E-state index in [2.05, 4.69) is 67.8 Å². The van der Waals surface area contributed by atoms with Crippen LogP contribution in [0.2, 0.25) is 0 Å². The van der Waals surface area contributed by atoms with E-state index in [4.69, 9.17) is 14.8 Å². The van der Waals surface area contributed by atoms with Crippen LogP contribution in [0.15, 0.2) is 60.8 Å². The van der Waals surface area contributed by atoms with Crippen molar-refractivity contribution < 1.29 is 33.5 Å². The van der Waals surface area contributed by atoms with Gasteiger partial charge in [0, 0.05) is 6.54 Å². The van der Waals surface area contributed by atoms with E-state index in [1.807, 2.05) is 6.08 Å². The van der Waals surface area contributed by atoms with Gasteiger partial charge in [-0.05, 0) is 77.0 Å². The Kier molecular flexibility index (Phi) is 40.0. The number of aliphatic hydroxyl groups is 2. The molecule has 0 aliphatic carbocycles. The molecule has 6 N–H and O–H groups in total. The highest BCUT2D eigenvalue weighted by atomic mass is 31.2. The lowest BCUT2D eigenvalue weighted by atomic mass is 10.0. The van der Waals surface area contributed by atoms with Crippen LogP contribution in [-0.2, 0) is 18.4 Å². The third kappa shape index (κ3) is 39.0. The summed E-state index contributed by atoms with van der Waals surface area (Å²) in [6, 6.07) is -1.01. The van der Waals surface area contributed by atoms with Crippen molar-refractivity contribution >= 4 is 13.7 Å². The number of carbonyl (C=O) groups excluding carboxylic acids is 1. The molecule has 0 aliphatic heterocycles. The molecule has 4 unspecified atom stereocenters. The molecule has 326 valence electrons. The molecule has 0 radical (unpaired) electrons. The summed E-state index contributed by atoms with van der Waals surface area (Å²) < 4.78 is 22.1. The van der Waals surface area contributed by atoms with E-state index in [-0.39, 0.29) is 19.6 Å². The molecule has 0 aromatic heterocycles. The summed E-state index contributed by atoms with van der Waals surface area (Å²) in [6.45, 7) is 3.90. The van der Waals surface area contributed by atoms with Crippen LogP contribution in [-0.4, -0.2) is 59.0 Å². The number of rotatable bonds is 41. The monoisotopic (exact) mass is 809 g/mol. The van der Waals surface area contributed by atoms with Crippen molar-refractivity contribution in [2.24, 2.45) is 5.73 Å². The van der Waals surface area contributed by atoms with Crippen LogP contribution < -0.4 is 11.1 Å². The average Bonchev–Trinajstić information content (AvgIpc) is 3.17. The van der Waals surface area contributed by atoms with E-state index < -0.39 is 38.6 Å². The lowest BCUT2D eigenvalue weighted by molar-refractivity contribution is -0.124. The summed E-state index contributed by atoms with van der Waals surface area (Å²) >= 11 is 0. The van der Waals surface area contributed by atoms with Gasteiger partial charge in [-0.2, -0.15) is 0 Å². The zero-order valence-electron chi connectivity index (χ0n) is 35.7. The second-order valence-corrected chi connectivity index (χ2v) is 16.5. The summed E-state index contributed by atoms with van der Waals surface area (Å²) in [6.07, 6.45) is 48.8. The van der Waals surface area contributed by atoms with Crippen molar-refractivity contribution in [1.82, 2.24) is 5.32 Å². The smallest absolute Gasteiger partial charge is 0.393 e. The van der Waals surface area contributed by atoms with E-state index in [0.717, 1.165) is 70.6 Å². The number of nitrogens with one attached hydrogen (secondary N) is 1. The number of nitrogens with two attached hydrogens (primary N) is 1. The minimum absolute atomic E-state index is 0.0383. The lowest BCUT2D eigenvalue weighted by Crippen LogP contribution is -2.46. The summed E-state index contributed by atoms with van der Waals surface area (Å²) in [4.78, 5) is 22.8. The number of phosphoric ester groups is 1. The second kappa shape index (κ2) is 41.3.